The lowest BCUT2D eigenvalue weighted by Gasteiger charge is -2.18. The van der Waals surface area contributed by atoms with E-state index in [0.29, 0.717) is 16.6 Å². The third kappa shape index (κ3) is 4.33. The van der Waals surface area contributed by atoms with Gasteiger partial charge in [0.1, 0.15) is 24.7 Å². The molecule has 8 nitrogen and oxygen atoms in total. The van der Waals surface area contributed by atoms with E-state index < -0.39 is 45.0 Å². The Morgan fingerprint density at radius 2 is 1.94 bits per heavy atom. The Morgan fingerprint density at radius 3 is 2.64 bits per heavy atom. The van der Waals surface area contributed by atoms with E-state index in [1.807, 2.05) is 40.9 Å². The van der Waals surface area contributed by atoms with Crippen molar-refractivity contribution in [2.24, 2.45) is 7.05 Å². The highest BCUT2D eigenvalue weighted by molar-refractivity contribution is 7.90. The van der Waals surface area contributed by atoms with Crippen molar-refractivity contribution in [3.05, 3.63) is 77.9 Å². The quantitative estimate of drug-likeness (QED) is 0.304. The molecule has 1 saturated heterocycles. The smallest absolute Gasteiger partial charge is 0.301 e. The van der Waals surface area contributed by atoms with Crippen LogP contribution in [0.5, 0.6) is 0 Å². The first-order valence-corrected chi connectivity index (χ1v) is 12.5. The zero-order chi connectivity index (χ0) is 25.6. The number of anilines is 1. The third-order valence-corrected chi connectivity index (χ3v) is 7.57. The van der Waals surface area contributed by atoms with Gasteiger partial charge < -0.3 is 4.98 Å². The van der Waals surface area contributed by atoms with Crippen LogP contribution < -0.4 is 9.29 Å². The Labute approximate surface area is 204 Å². The molecule has 5 rings (SSSR count). The van der Waals surface area contributed by atoms with E-state index in [9.17, 15) is 22.0 Å². The van der Waals surface area contributed by atoms with Crippen LogP contribution in [-0.2, 0) is 17.3 Å². The number of carbonyl (C=O) groups excluding carboxylic acids is 1. The van der Waals surface area contributed by atoms with Gasteiger partial charge in [-0.25, -0.2) is 22.7 Å². The van der Waals surface area contributed by atoms with Crippen molar-refractivity contribution in [3.63, 3.8) is 0 Å². The first kappa shape index (κ1) is 23.9. The van der Waals surface area contributed by atoms with E-state index >= 15 is 4.39 Å². The molecule has 0 bridgehead atoms. The van der Waals surface area contributed by atoms with Gasteiger partial charge in [0, 0.05) is 54.1 Å². The largest absolute Gasteiger partial charge is 0.345 e. The summed E-state index contributed by atoms with van der Waals surface area (Å²) in [5.41, 5.74) is 0.301. The van der Waals surface area contributed by atoms with E-state index in [1.54, 1.807) is 12.3 Å². The summed E-state index contributed by atoms with van der Waals surface area (Å²) in [6.07, 6.45) is 5.30. The zero-order valence-corrected chi connectivity index (χ0v) is 19.8. The number of aromatic amines is 1. The third-order valence-electron chi connectivity index (χ3n) is 6.08. The fraction of sp³-hybridized carbons (Fsp3) is 0.208. The maximum absolute atomic E-state index is 15.3. The summed E-state index contributed by atoms with van der Waals surface area (Å²) in [5, 5.41) is 0.349. The van der Waals surface area contributed by atoms with E-state index in [4.69, 9.17) is 0 Å². The van der Waals surface area contributed by atoms with Crippen molar-refractivity contribution in [3.8, 4) is 11.1 Å². The Hall–Kier alpha value is -3.77. The molecule has 1 atom stereocenters. The highest BCUT2D eigenvalue weighted by Gasteiger charge is 2.33. The first-order chi connectivity index (χ1) is 17.1. The molecule has 4 aromatic rings. The molecule has 1 fully saturated rings. The number of halogens is 3. The molecular weight excluding hydrogens is 495 g/mol. The monoisotopic (exact) mass is 516 g/mol. The number of benzene rings is 1. The molecule has 0 amide bonds. The number of ketones is 1. The number of pyridine rings is 2. The number of rotatable bonds is 6. The van der Waals surface area contributed by atoms with E-state index in [1.165, 1.54) is 6.20 Å². The molecule has 186 valence electrons. The molecule has 2 N–H and O–H groups in total. The van der Waals surface area contributed by atoms with Crippen molar-refractivity contribution in [2.45, 2.75) is 12.6 Å². The molecule has 0 radical (unpaired) electrons. The number of hydrogen-bond acceptors (Lipinski definition) is 4. The van der Waals surface area contributed by atoms with Crippen LogP contribution in [0, 0.1) is 11.6 Å². The summed E-state index contributed by atoms with van der Waals surface area (Å²) in [6.45, 7) is -0.441. The van der Waals surface area contributed by atoms with Gasteiger partial charge in [0.05, 0.1) is 11.3 Å². The van der Waals surface area contributed by atoms with E-state index in [2.05, 4.69) is 9.97 Å². The molecule has 12 heteroatoms. The number of alkyl halides is 1. The van der Waals surface area contributed by atoms with Gasteiger partial charge in [-0.2, -0.15) is 12.7 Å². The van der Waals surface area contributed by atoms with Gasteiger partial charge in [-0.05, 0) is 30.2 Å². The summed E-state index contributed by atoms with van der Waals surface area (Å²) >= 11 is 0. The normalized spacial score (nSPS) is 16.5. The second-order valence-electron chi connectivity index (χ2n) is 8.54. The molecule has 0 spiro atoms. The van der Waals surface area contributed by atoms with Gasteiger partial charge >= 0.3 is 10.2 Å². The number of aryl methyl sites for hydroxylation is 1. The van der Waals surface area contributed by atoms with Crippen LogP contribution in [-0.4, -0.2) is 47.7 Å². The minimum absolute atomic E-state index is 0.0224. The molecule has 1 aliphatic heterocycles. The fourth-order valence-electron chi connectivity index (χ4n) is 4.13. The molecule has 0 saturated carbocycles. The Bertz CT molecular complexity index is 1590. The van der Waals surface area contributed by atoms with Crippen LogP contribution in [0.2, 0.25) is 0 Å². The fourth-order valence-corrected chi connectivity index (χ4v) is 5.39. The Balaban J connectivity index is 1.52. The van der Waals surface area contributed by atoms with Gasteiger partial charge in [0.15, 0.2) is 18.2 Å². The molecule has 36 heavy (non-hydrogen) atoms. The summed E-state index contributed by atoms with van der Waals surface area (Å²) < 4.78 is 73.3. The molecule has 4 heterocycles. The van der Waals surface area contributed by atoms with Crippen molar-refractivity contribution in [2.75, 3.05) is 17.8 Å². The average Bonchev–Trinajstić information content (AvgIpc) is 3.48. The summed E-state index contributed by atoms with van der Waals surface area (Å²) in [4.78, 5) is 20.4. The number of hydrogen-bond donors (Lipinski definition) is 2. The molecule has 0 unspecified atom stereocenters. The summed E-state index contributed by atoms with van der Waals surface area (Å²) in [5.74, 6) is -3.51. The minimum Gasteiger partial charge on any atom is -0.345 e. The lowest BCUT2D eigenvalue weighted by atomic mass is 10.00. The van der Waals surface area contributed by atoms with Crippen LogP contribution in [0.1, 0.15) is 22.3 Å². The zero-order valence-electron chi connectivity index (χ0n) is 19.0. The number of H-pyrrole nitrogens is 1. The van der Waals surface area contributed by atoms with Gasteiger partial charge in [0.25, 0.3) is 0 Å². The second-order valence-corrected chi connectivity index (χ2v) is 10.2. The summed E-state index contributed by atoms with van der Waals surface area (Å²) in [7, 11) is -2.43. The van der Waals surface area contributed by atoms with Crippen molar-refractivity contribution >= 4 is 32.7 Å². The van der Waals surface area contributed by atoms with Crippen LogP contribution in [0.15, 0.2) is 55.1 Å². The highest BCUT2D eigenvalue weighted by Crippen LogP contribution is 2.30. The van der Waals surface area contributed by atoms with Crippen molar-refractivity contribution in [1.82, 2.24) is 14.3 Å². The Morgan fingerprint density at radius 1 is 1.19 bits per heavy atom. The maximum atomic E-state index is 15.3. The number of fused-ring (bicyclic) bond motifs is 1. The van der Waals surface area contributed by atoms with Gasteiger partial charge in [-0.1, -0.05) is 0 Å². The van der Waals surface area contributed by atoms with Gasteiger partial charge in [-0.15, -0.1) is 0 Å². The number of carbonyl (C=O) groups is 1. The van der Waals surface area contributed by atoms with Crippen LogP contribution >= 0.6 is 0 Å². The van der Waals surface area contributed by atoms with E-state index in [-0.39, 0.29) is 25.1 Å². The SMILES string of the molecule is C[n+]1ccc(-c2cnc3[nH]cc(C(=O)c4c(F)ccc(NS(=O)(=O)N5CC[C@@H](F)C5)c4F)c3c2)cc1. The number of aromatic nitrogens is 3. The van der Waals surface area contributed by atoms with Crippen molar-refractivity contribution in [1.29, 1.82) is 0 Å². The first-order valence-electron chi connectivity index (χ1n) is 11.0. The molecule has 0 aliphatic carbocycles. The van der Waals surface area contributed by atoms with Gasteiger partial charge in [0.2, 0.25) is 5.78 Å². The second kappa shape index (κ2) is 9.03. The molecule has 1 aromatic carbocycles. The lowest BCUT2D eigenvalue weighted by molar-refractivity contribution is -0.671. The van der Waals surface area contributed by atoms with E-state index in [0.717, 1.165) is 22.0 Å². The lowest BCUT2D eigenvalue weighted by Crippen LogP contribution is -2.34. The number of nitrogens with one attached hydrogen (secondary N) is 2. The van der Waals surface area contributed by atoms with Gasteiger partial charge in [-0.3, -0.25) is 9.52 Å². The summed E-state index contributed by atoms with van der Waals surface area (Å²) in [6, 6.07) is 7.09. The number of nitrogens with zero attached hydrogens (tertiary/aromatic N) is 3. The van der Waals surface area contributed by atoms with Crippen LogP contribution in [0.4, 0.5) is 18.9 Å². The van der Waals surface area contributed by atoms with Crippen molar-refractivity contribution < 1.29 is 31.0 Å². The Kier molecular flexibility index (Phi) is 6.00. The maximum Gasteiger partial charge on any atom is 0.301 e. The highest BCUT2D eigenvalue weighted by atomic mass is 32.2. The van der Waals surface area contributed by atoms with Crippen LogP contribution in [0.3, 0.4) is 0 Å². The molecule has 3 aromatic heterocycles. The predicted octanol–water partition coefficient (Wildman–Crippen LogP) is 3.26. The standard InChI is InChI=1S/C24H20F3N5O3S/c1-31-7-4-14(5-8-31)15-10-17-18(12-29-24(17)28-11-15)23(33)21-19(26)2-3-20(22(21)27)30-36(34,35)32-9-6-16(25)13-32/h2-5,7-8,10-12,16,30H,6,9,13H2,1H3/p+1/t16-/m1/s1. The minimum atomic E-state index is -4.30. The molecule has 1 aliphatic rings. The molecular formula is C24H21F3N5O3S+. The predicted molar refractivity (Wildman–Crippen MR) is 126 cm³/mol. The average molecular weight is 517 g/mol. The van der Waals surface area contributed by atoms with Crippen LogP contribution in [0.25, 0.3) is 22.2 Å². The topological polar surface area (TPSA) is 99.0 Å².